The van der Waals surface area contributed by atoms with Gasteiger partial charge in [-0.15, -0.1) is 5.10 Å². The number of methoxy groups -OCH3 is 1. The number of nitrogens with zero attached hydrogens (tertiary/aromatic N) is 3. The van der Waals surface area contributed by atoms with Crippen LogP contribution in [0.5, 0.6) is 5.75 Å². The number of benzene rings is 1. The number of rotatable bonds is 4. The van der Waals surface area contributed by atoms with Crippen LogP contribution in [-0.4, -0.2) is 30.4 Å². The van der Waals surface area contributed by atoms with Crippen molar-refractivity contribution >= 4 is 6.01 Å². The van der Waals surface area contributed by atoms with Gasteiger partial charge in [0.25, 0.3) is 5.89 Å². The van der Waals surface area contributed by atoms with Gasteiger partial charge in [-0.3, -0.25) is 0 Å². The molecule has 0 spiro atoms. The second kappa shape index (κ2) is 6.10. The summed E-state index contributed by atoms with van der Waals surface area (Å²) in [7, 11) is 1.53. The van der Waals surface area contributed by atoms with Gasteiger partial charge in [0.05, 0.1) is 7.11 Å². The minimum absolute atomic E-state index is 0.00740. The zero-order valence-electron chi connectivity index (χ0n) is 12.5. The smallest absolute Gasteiger partial charge is 0.318 e. The normalized spacial score (nSPS) is 17.5. The van der Waals surface area contributed by atoms with Crippen LogP contribution in [-0.2, 0) is 5.67 Å². The number of hydrogen-bond donors (Lipinski definition) is 0. The van der Waals surface area contributed by atoms with Gasteiger partial charge in [0.15, 0.2) is 0 Å². The number of hydrogen-bond acceptors (Lipinski definition) is 5. The van der Waals surface area contributed by atoms with Crippen LogP contribution in [0.2, 0.25) is 0 Å². The number of aromatic nitrogens is 2. The monoisotopic (exact) mass is 327 g/mol. The third-order valence-corrected chi connectivity index (χ3v) is 4.03. The van der Waals surface area contributed by atoms with Crippen LogP contribution >= 0.6 is 0 Å². The summed E-state index contributed by atoms with van der Waals surface area (Å²) >= 11 is 0. The molecule has 0 unspecified atom stereocenters. The highest BCUT2D eigenvalue weighted by atomic mass is 19.3. The Kier molecular flexibility index (Phi) is 4.14. The molecule has 1 aliphatic heterocycles. The Labute approximate surface area is 131 Å². The van der Waals surface area contributed by atoms with Crippen molar-refractivity contribution < 1.29 is 22.3 Å². The van der Waals surface area contributed by atoms with Crippen molar-refractivity contribution in [2.24, 2.45) is 0 Å². The van der Waals surface area contributed by atoms with Crippen LogP contribution in [0.3, 0.4) is 0 Å². The maximum atomic E-state index is 15.2. The van der Waals surface area contributed by atoms with Crippen molar-refractivity contribution in [1.29, 1.82) is 0 Å². The molecule has 124 valence electrons. The number of piperidine rings is 1. The van der Waals surface area contributed by atoms with Crippen molar-refractivity contribution in [2.45, 2.75) is 24.9 Å². The maximum Gasteiger partial charge on any atom is 0.318 e. The number of ether oxygens (including phenoxy) is 1. The molecule has 0 saturated carbocycles. The molecule has 1 fully saturated rings. The molecule has 0 N–H and O–H groups in total. The minimum Gasteiger partial charge on any atom is -0.497 e. The molecule has 1 aromatic carbocycles. The summed E-state index contributed by atoms with van der Waals surface area (Å²) in [6, 6.07) is 6.91. The van der Waals surface area contributed by atoms with Gasteiger partial charge in [0, 0.05) is 25.9 Å². The van der Waals surface area contributed by atoms with Gasteiger partial charge in [-0.2, -0.15) is 8.78 Å². The second-order valence-corrected chi connectivity index (χ2v) is 5.41. The molecule has 0 bridgehead atoms. The summed E-state index contributed by atoms with van der Waals surface area (Å²) in [6.07, 6.45) is -2.41. The molecule has 1 saturated heterocycles. The van der Waals surface area contributed by atoms with Crippen LogP contribution in [0.1, 0.15) is 30.7 Å². The van der Waals surface area contributed by atoms with E-state index in [1.165, 1.54) is 7.11 Å². The molecular formula is C15H16F3N3O2. The SMILES string of the molecule is COc1cccc(C2(F)CCN(c3nnc(C(F)F)o3)CC2)c1. The standard InChI is InChI=1S/C15H16F3N3O2/c1-22-11-4-2-3-10(9-11)15(18)5-7-21(8-6-15)14-20-19-13(23-14)12(16)17/h2-4,9,12H,5-8H2,1H3. The van der Waals surface area contributed by atoms with Crippen LogP contribution in [0.25, 0.3) is 0 Å². The van der Waals surface area contributed by atoms with Crippen LogP contribution in [0, 0.1) is 0 Å². The fourth-order valence-electron chi connectivity index (χ4n) is 2.69. The largest absolute Gasteiger partial charge is 0.497 e. The average Bonchev–Trinajstić information content (AvgIpc) is 3.06. The van der Waals surface area contributed by atoms with E-state index < -0.39 is 18.0 Å². The summed E-state index contributed by atoms with van der Waals surface area (Å²) in [6.45, 7) is 0.608. The van der Waals surface area contributed by atoms with E-state index in [0.717, 1.165) is 0 Å². The molecule has 23 heavy (non-hydrogen) atoms. The van der Waals surface area contributed by atoms with Gasteiger partial charge >= 0.3 is 12.4 Å². The Morgan fingerprint density at radius 2 is 2.00 bits per heavy atom. The zero-order valence-corrected chi connectivity index (χ0v) is 12.5. The molecule has 8 heteroatoms. The second-order valence-electron chi connectivity index (χ2n) is 5.41. The third-order valence-electron chi connectivity index (χ3n) is 4.03. The Hall–Kier alpha value is -2.25. The van der Waals surface area contributed by atoms with Crippen molar-refractivity contribution in [1.82, 2.24) is 10.2 Å². The van der Waals surface area contributed by atoms with Crippen molar-refractivity contribution in [2.75, 3.05) is 25.1 Å². The highest BCUT2D eigenvalue weighted by molar-refractivity contribution is 5.35. The lowest BCUT2D eigenvalue weighted by Gasteiger charge is -2.35. The first-order valence-corrected chi connectivity index (χ1v) is 7.22. The van der Waals surface area contributed by atoms with Crippen molar-refractivity contribution in [3.8, 4) is 5.75 Å². The van der Waals surface area contributed by atoms with E-state index in [9.17, 15) is 8.78 Å². The molecule has 5 nitrogen and oxygen atoms in total. The average molecular weight is 327 g/mol. The van der Waals surface area contributed by atoms with Gasteiger partial charge in [-0.05, 0) is 17.7 Å². The predicted octanol–water partition coefficient (Wildman–Crippen LogP) is 3.48. The van der Waals surface area contributed by atoms with E-state index in [1.54, 1.807) is 29.2 Å². The number of alkyl halides is 3. The summed E-state index contributed by atoms with van der Waals surface area (Å²) in [5.74, 6) is -0.120. The molecular weight excluding hydrogens is 311 g/mol. The number of halogens is 3. The van der Waals surface area contributed by atoms with Gasteiger partial charge in [-0.1, -0.05) is 17.2 Å². The Morgan fingerprint density at radius 3 is 2.61 bits per heavy atom. The van der Waals surface area contributed by atoms with Crippen LogP contribution in [0.4, 0.5) is 19.2 Å². The summed E-state index contributed by atoms with van der Waals surface area (Å²) in [5, 5.41) is 6.89. The lowest BCUT2D eigenvalue weighted by molar-refractivity contribution is 0.111. The highest BCUT2D eigenvalue weighted by Crippen LogP contribution is 2.39. The quantitative estimate of drug-likeness (QED) is 0.860. The number of anilines is 1. The Bertz CT molecular complexity index is 669. The zero-order chi connectivity index (χ0) is 16.4. The van der Waals surface area contributed by atoms with Gasteiger partial charge in [0.2, 0.25) is 0 Å². The fraction of sp³-hybridized carbons (Fsp3) is 0.467. The van der Waals surface area contributed by atoms with E-state index in [2.05, 4.69) is 10.2 Å². The van der Waals surface area contributed by atoms with Crippen molar-refractivity contribution in [3.05, 3.63) is 35.7 Å². The summed E-state index contributed by atoms with van der Waals surface area (Å²) in [4.78, 5) is 1.62. The van der Waals surface area contributed by atoms with E-state index in [-0.39, 0.29) is 18.9 Å². The first-order valence-electron chi connectivity index (χ1n) is 7.22. The highest BCUT2D eigenvalue weighted by Gasteiger charge is 2.38. The van der Waals surface area contributed by atoms with Crippen molar-refractivity contribution in [3.63, 3.8) is 0 Å². The molecule has 1 aliphatic rings. The molecule has 0 amide bonds. The first kappa shape index (κ1) is 15.6. The van der Waals surface area contributed by atoms with Gasteiger partial charge < -0.3 is 14.1 Å². The molecule has 1 aromatic heterocycles. The third kappa shape index (κ3) is 3.11. The Balaban J connectivity index is 1.71. The van der Waals surface area contributed by atoms with E-state index in [1.807, 2.05) is 0 Å². The predicted molar refractivity (Wildman–Crippen MR) is 76.5 cm³/mol. The van der Waals surface area contributed by atoms with Crippen LogP contribution in [0.15, 0.2) is 28.7 Å². The lowest BCUT2D eigenvalue weighted by atomic mass is 9.86. The van der Waals surface area contributed by atoms with Gasteiger partial charge in [-0.25, -0.2) is 4.39 Å². The maximum absolute atomic E-state index is 15.2. The molecule has 0 atom stereocenters. The lowest BCUT2D eigenvalue weighted by Crippen LogP contribution is -2.40. The molecule has 2 heterocycles. The fourth-order valence-corrected chi connectivity index (χ4v) is 2.69. The topological polar surface area (TPSA) is 51.4 Å². The molecule has 3 rings (SSSR count). The van der Waals surface area contributed by atoms with Crippen LogP contribution < -0.4 is 9.64 Å². The van der Waals surface area contributed by atoms with E-state index in [0.29, 0.717) is 24.4 Å². The molecule has 2 aromatic rings. The van der Waals surface area contributed by atoms with Gasteiger partial charge in [0.1, 0.15) is 11.4 Å². The summed E-state index contributed by atoms with van der Waals surface area (Å²) in [5.41, 5.74) is -0.938. The molecule has 0 radical (unpaired) electrons. The first-order chi connectivity index (χ1) is 11.0. The van der Waals surface area contributed by atoms with E-state index in [4.69, 9.17) is 9.15 Å². The Morgan fingerprint density at radius 1 is 1.26 bits per heavy atom. The van der Waals surface area contributed by atoms with E-state index >= 15 is 4.39 Å². The summed E-state index contributed by atoms with van der Waals surface area (Å²) < 4.78 is 50.2. The molecule has 0 aliphatic carbocycles. The minimum atomic E-state index is -2.81.